The molecule has 0 aliphatic rings. The highest BCUT2D eigenvalue weighted by Crippen LogP contribution is 2.12. The van der Waals surface area contributed by atoms with Gasteiger partial charge >= 0.3 is 11.9 Å². The van der Waals surface area contributed by atoms with Gasteiger partial charge in [-0.15, -0.1) is 0 Å². The van der Waals surface area contributed by atoms with E-state index in [0.29, 0.717) is 5.56 Å². The number of phenolic OH excluding ortho intramolecular Hbond substituents is 1. The predicted octanol–water partition coefficient (Wildman–Crippen LogP) is -0.748. The average Bonchev–Trinajstić information content (AvgIpc) is 2.79. The molecule has 0 aliphatic carbocycles. The van der Waals surface area contributed by atoms with Crippen LogP contribution in [0.25, 0.3) is 0 Å². The minimum absolute atomic E-state index is 0.0160. The lowest BCUT2D eigenvalue weighted by Crippen LogP contribution is -2.58. The summed E-state index contributed by atoms with van der Waals surface area (Å²) in [6.07, 6.45) is -0.785. The number of rotatable bonds is 14. The van der Waals surface area contributed by atoms with Crippen LogP contribution in [0.1, 0.15) is 32.3 Å². The highest BCUT2D eigenvalue weighted by molar-refractivity contribution is 7.80. The number of benzene rings is 1. The summed E-state index contributed by atoms with van der Waals surface area (Å²) in [6.45, 7) is 3.41. The van der Waals surface area contributed by atoms with E-state index in [0.717, 1.165) is 0 Å². The number of carboxylic acid groups (broad SMARTS) is 2. The number of phenols is 1. The smallest absolute Gasteiger partial charge is 0.327 e. The van der Waals surface area contributed by atoms with Crippen LogP contribution in [0, 0.1) is 5.92 Å². The van der Waals surface area contributed by atoms with Crippen molar-refractivity contribution in [3.63, 3.8) is 0 Å². The van der Waals surface area contributed by atoms with Crippen molar-refractivity contribution in [1.29, 1.82) is 0 Å². The maximum atomic E-state index is 13.0. The van der Waals surface area contributed by atoms with Crippen molar-refractivity contribution >= 4 is 42.3 Å². The number of amides is 3. The Kier molecular flexibility index (Phi) is 12.0. The fourth-order valence-electron chi connectivity index (χ4n) is 2.91. The summed E-state index contributed by atoms with van der Waals surface area (Å²) in [7, 11) is 0. The molecule has 35 heavy (non-hydrogen) atoms. The third kappa shape index (κ3) is 10.2. The number of hydrogen-bond acceptors (Lipinski definition) is 8. The molecule has 3 amide bonds. The molecule has 4 atom stereocenters. The second-order valence-electron chi connectivity index (χ2n) is 8.28. The van der Waals surface area contributed by atoms with E-state index in [1.807, 2.05) is 0 Å². The highest BCUT2D eigenvalue weighted by Gasteiger charge is 2.31. The molecule has 0 saturated heterocycles. The van der Waals surface area contributed by atoms with E-state index in [1.54, 1.807) is 13.8 Å². The van der Waals surface area contributed by atoms with Crippen LogP contribution in [-0.2, 0) is 30.4 Å². The van der Waals surface area contributed by atoms with Crippen LogP contribution in [0.2, 0.25) is 0 Å². The van der Waals surface area contributed by atoms with Crippen LogP contribution in [0.5, 0.6) is 5.75 Å². The number of nitrogens with two attached hydrogens (primary N) is 1. The lowest BCUT2D eigenvalue weighted by Gasteiger charge is -2.25. The molecular formula is C22H32N4O8S. The molecule has 13 heteroatoms. The standard InChI is InChI=1S/C22H32N4O8S/c1-11(2)18(23)21(32)24-14(7-8-17(28)29)19(30)25-15(9-12-3-5-13(27)6-4-12)20(31)26-16(10-35)22(33)34/h3-6,11,14-16,18,27,35H,7-10,23H2,1-2H3,(H,24,32)(H,25,30)(H,26,31)(H,28,29)(H,33,34). The van der Waals surface area contributed by atoms with E-state index >= 15 is 0 Å². The number of thiol groups is 1. The van der Waals surface area contributed by atoms with Gasteiger partial charge in [0, 0.05) is 18.6 Å². The van der Waals surface area contributed by atoms with Gasteiger partial charge in [-0.1, -0.05) is 26.0 Å². The van der Waals surface area contributed by atoms with Gasteiger partial charge in [0.05, 0.1) is 6.04 Å². The predicted molar refractivity (Wildman–Crippen MR) is 129 cm³/mol. The molecule has 8 N–H and O–H groups in total. The maximum absolute atomic E-state index is 13.0. The molecular weight excluding hydrogens is 480 g/mol. The normalized spacial score (nSPS) is 14.3. The van der Waals surface area contributed by atoms with Gasteiger partial charge in [-0.05, 0) is 30.0 Å². The van der Waals surface area contributed by atoms with Crippen LogP contribution in [0.3, 0.4) is 0 Å². The van der Waals surface area contributed by atoms with Crippen molar-refractivity contribution in [3.8, 4) is 5.75 Å². The van der Waals surface area contributed by atoms with Crippen LogP contribution < -0.4 is 21.7 Å². The van der Waals surface area contributed by atoms with E-state index in [1.165, 1.54) is 24.3 Å². The van der Waals surface area contributed by atoms with Crippen LogP contribution in [0.4, 0.5) is 0 Å². The molecule has 1 aromatic carbocycles. The average molecular weight is 513 g/mol. The second-order valence-corrected chi connectivity index (χ2v) is 8.64. The molecule has 12 nitrogen and oxygen atoms in total. The summed E-state index contributed by atoms with van der Waals surface area (Å²) in [6, 6.07) is 0.928. The second kappa shape index (κ2) is 14.2. The molecule has 0 aromatic heterocycles. The number of carbonyl (C=O) groups is 5. The number of carbonyl (C=O) groups excluding carboxylic acids is 3. The molecule has 194 valence electrons. The maximum Gasteiger partial charge on any atom is 0.327 e. The molecule has 0 radical (unpaired) electrons. The third-order valence-electron chi connectivity index (χ3n) is 5.11. The van der Waals surface area contributed by atoms with Gasteiger partial charge in [0.2, 0.25) is 17.7 Å². The Hall–Kier alpha value is -3.32. The first-order valence-electron chi connectivity index (χ1n) is 10.9. The summed E-state index contributed by atoms with van der Waals surface area (Å²) < 4.78 is 0. The van der Waals surface area contributed by atoms with Gasteiger partial charge < -0.3 is 37.0 Å². The van der Waals surface area contributed by atoms with Crippen molar-refractivity contribution in [2.45, 2.75) is 57.3 Å². The summed E-state index contributed by atoms with van der Waals surface area (Å²) >= 11 is 3.91. The fourth-order valence-corrected chi connectivity index (χ4v) is 3.16. The van der Waals surface area contributed by atoms with Crippen molar-refractivity contribution in [2.75, 3.05) is 5.75 Å². The lowest BCUT2D eigenvalue weighted by molar-refractivity contribution is -0.141. The van der Waals surface area contributed by atoms with Crippen LogP contribution in [0.15, 0.2) is 24.3 Å². The number of carboxylic acids is 2. The summed E-state index contributed by atoms with van der Waals surface area (Å²) in [5, 5.41) is 34.9. The minimum Gasteiger partial charge on any atom is -0.508 e. The zero-order chi connectivity index (χ0) is 26.7. The number of aliphatic carboxylic acids is 2. The van der Waals surface area contributed by atoms with Crippen molar-refractivity contribution < 1.29 is 39.3 Å². The molecule has 0 heterocycles. The van der Waals surface area contributed by atoms with Gasteiger partial charge in [0.1, 0.15) is 23.9 Å². The zero-order valence-corrected chi connectivity index (χ0v) is 20.3. The summed E-state index contributed by atoms with van der Waals surface area (Å²) in [4.78, 5) is 60.7. The molecule has 1 rings (SSSR count). The Morgan fingerprint density at radius 1 is 0.886 bits per heavy atom. The Morgan fingerprint density at radius 3 is 1.89 bits per heavy atom. The molecule has 0 saturated carbocycles. The lowest BCUT2D eigenvalue weighted by atomic mass is 10.0. The number of aromatic hydroxyl groups is 1. The molecule has 0 aliphatic heterocycles. The first-order chi connectivity index (χ1) is 16.3. The van der Waals surface area contributed by atoms with Gasteiger partial charge in [-0.3, -0.25) is 19.2 Å². The Labute approximate surface area is 208 Å². The van der Waals surface area contributed by atoms with Gasteiger partial charge in [0.25, 0.3) is 0 Å². The monoisotopic (exact) mass is 512 g/mol. The SMILES string of the molecule is CC(C)C(N)C(=O)NC(CCC(=O)O)C(=O)NC(Cc1ccc(O)cc1)C(=O)NC(CS)C(=O)O. The molecule has 1 aromatic rings. The fraction of sp³-hybridized carbons (Fsp3) is 0.500. The molecule has 0 spiro atoms. The number of hydrogen-bond donors (Lipinski definition) is 8. The Bertz CT molecular complexity index is 909. The van der Waals surface area contributed by atoms with E-state index in [-0.39, 0.29) is 30.3 Å². The van der Waals surface area contributed by atoms with Crippen molar-refractivity contribution in [2.24, 2.45) is 11.7 Å². The Morgan fingerprint density at radius 2 is 1.40 bits per heavy atom. The summed E-state index contributed by atoms with van der Waals surface area (Å²) in [5.41, 5.74) is 6.36. The first kappa shape index (κ1) is 29.7. The van der Waals surface area contributed by atoms with Crippen LogP contribution in [-0.4, -0.2) is 74.9 Å². The van der Waals surface area contributed by atoms with Gasteiger partial charge in [-0.2, -0.15) is 12.6 Å². The molecule has 4 unspecified atom stereocenters. The van der Waals surface area contributed by atoms with E-state index in [2.05, 4.69) is 28.6 Å². The zero-order valence-electron chi connectivity index (χ0n) is 19.4. The minimum atomic E-state index is -1.32. The van der Waals surface area contributed by atoms with Gasteiger partial charge in [0.15, 0.2) is 0 Å². The van der Waals surface area contributed by atoms with Gasteiger partial charge in [-0.25, -0.2) is 4.79 Å². The van der Waals surface area contributed by atoms with Crippen molar-refractivity contribution in [1.82, 2.24) is 16.0 Å². The van der Waals surface area contributed by atoms with E-state index in [9.17, 15) is 34.2 Å². The molecule has 0 fully saturated rings. The quantitative estimate of drug-likeness (QED) is 0.147. The topological polar surface area (TPSA) is 208 Å². The highest BCUT2D eigenvalue weighted by atomic mass is 32.1. The third-order valence-corrected chi connectivity index (χ3v) is 5.47. The molecule has 0 bridgehead atoms. The first-order valence-corrected chi connectivity index (χ1v) is 11.5. The van der Waals surface area contributed by atoms with E-state index in [4.69, 9.17) is 10.8 Å². The Balaban J connectivity index is 3.15. The summed E-state index contributed by atoms with van der Waals surface area (Å²) in [5.74, 6) is -5.31. The largest absolute Gasteiger partial charge is 0.508 e. The van der Waals surface area contributed by atoms with Crippen molar-refractivity contribution in [3.05, 3.63) is 29.8 Å². The van der Waals surface area contributed by atoms with Crippen LogP contribution >= 0.6 is 12.6 Å². The van der Waals surface area contributed by atoms with E-state index < -0.39 is 60.2 Å². The number of nitrogens with one attached hydrogen (secondary N) is 3.